The normalized spacial score (nSPS) is 30.3. The number of rotatable bonds is 4. The number of benzene rings is 1. The Hall–Kier alpha value is -1.57. The SMILES string of the molecule is C=C1CC[C@@H](C(=O)O[C@@H]2C[C@H](C)CC[C@H]2C(C)(C)c2ccccc2)C1. The third-order valence-corrected chi connectivity index (χ3v) is 6.48. The zero-order valence-electron chi connectivity index (χ0n) is 16.0. The molecule has 0 aliphatic heterocycles. The van der Waals surface area contributed by atoms with Gasteiger partial charge < -0.3 is 4.74 Å². The van der Waals surface area contributed by atoms with E-state index in [0.29, 0.717) is 11.8 Å². The molecule has 0 aromatic heterocycles. The van der Waals surface area contributed by atoms with Crippen LogP contribution in [0.1, 0.15) is 64.9 Å². The Kier molecular flexibility index (Phi) is 5.36. The molecular formula is C23H32O2. The summed E-state index contributed by atoms with van der Waals surface area (Å²) in [5.41, 5.74) is 2.54. The van der Waals surface area contributed by atoms with Gasteiger partial charge in [-0.05, 0) is 49.0 Å². The minimum atomic E-state index is 0.00558. The zero-order chi connectivity index (χ0) is 18.0. The summed E-state index contributed by atoms with van der Waals surface area (Å²) in [6.07, 6.45) is 6.05. The molecule has 0 spiro atoms. The fraction of sp³-hybridized carbons (Fsp3) is 0.609. The molecule has 4 atom stereocenters. The monoisotopic (exact) mass is 340 g/mol. The van der Waals surface area contributed by atoms with Crippen molar-refractivity contribution >= 4 is 5.97 Å². The third kappa shape index (κ3) is 3.99. The summed E-state index contributed by atoms with van der Waals surface area (Å²) in [4.78, 5) is 12.7. The van der Waals surface area contributed by atoms with E-state index < -0.39 is 0 Å². The van der Waals surface area contributed by atoms with Crippen LogP contribution in [0.4, 0.5) is 0 Å². The van der Waals surface area contributed by atoms with E-state index in [0.717, 1.165) is 32.1 Å². The maximum atomic E-state index is 12.7. The lowest BCUT2D eigenvalue weighted by Crippen LogP contribution is -2.44. The Labute approximate surface area is 152 Å². The summed E-state index contributed by atoms with van der Waals surface area (Å²) in [5.74, 6) is 1.04. The van der Waals surface area contributed by atoms with Crippen molar-refractivity contribution in [1.82, 2.24) is 0 Å². The number of hydrogen-bond acceptors (Lipinski definition) is 2. The first-order valence-electron chi connectivity index (χ1n) is 9.80. The van der Waals surface area contributed by atoms with E-state index in [2.05, 4.69) is 57.7 Å². The van der Waals surface area contributed by atoms with Gasteiger partial charge >= 0.3 is 5.97 Å². The third-order valence-electron chi connectivity index (χ3n) is 6.48. The number of esters is 1. The average molecular weight is 341 g/mol. The van der Waals surface area contributed by atoms with Gasteiger partial charge in [0.1, 0.15) is 6.10 Å². The van der Waals surface area contributed by atoms with Gasteiger partial charge in [0, 0.05) is 5.92 Å². The van der Waals surface area contributed by atoms with E-state index in [-0.39, 0.29) is 23.4 Å². The van der Waals surface area contributed by atoms with Gasteiger partial charge in [-0.1, -0.05) is 69.7 Å². The molecule has 0 unspecified atom stereocenters. The van der Waals surface area contributed by atoms with Crippen LogP contribution in [0.2, 0.25) is 0 Å². The van der Waals surface area contributed by atoms with E-state index in [1.165, 1.54) is 17.6 Å². The highest BCUT2D eigenvalue weighted by Crippen LogP contribution is 2.44. The van der Waals surface area contributed by atoms with Crippen LogP contribution in [-0.2, 0) is 14.9 Å². The molecule has 2 saturated carbocycles. The number of carbonyl (C=O) groups excluding carboxylic acids is 1. The predicted molar refractivity (Wildman–Crippen MR) is 102 cm³/mol. The molecule has 3 rings (SSSR count). The second-order valence-corrected chi connectivity index (χ2v) is 8.78. The molecule has 1 aromatic carbocycles. The Bertz CT molecular complexity index is 616. The lowest BCUT2D eigenvalue weighted by atomic mass is 9.64. The fourth-order valence-electron chi connectivity index (χ4n) is 4.74. The van der Waals surface area contributed by atoms with Crippen molar-refractivity contribution in [3.63, 3.8) is 0 Å². The van der Waals surface area contributed by atoms with Gasteiger partial charge in [-0.2, -0.15) is 0 Å². The second-order valence-electron chi connectivity index (χ2n) is 8.78. The van der Waals surface area contributed by atoms with Gasteiger partial charge in [0.25, 0.3) is 0 Å². The Balaban J connectivity index is 1.77. The van der Waals surface area contributed by atoms with E-state index in [1.54, 1.807) is 0 Å². The maximum absolute atomic E-state index is 12.7. The molecule has 0 bridgehead atoms. The van der Waals surface area contributed by atoms with Crippen LogP contribution in [0.15, 0.2) is 42.5 Å². The molecule has 0 amide bonds. The molecule has 136 valence electrons. The Morgan fingerprint density at radius 2 is 1.88 bits per heavy atom. The van der Waals surface area contributed by atoms with Crippen LogP contribution in [0.5, 0.6) is 0 Å². The molecular weight excluding hydrogens is 308 g/mol. The summed E-state index contributed by atoms with van der Waals surface area (Å²) in [5, 5.41) is 0. The van der Waals surface area contributed by atoms with Crippen LogP contribution in [0.25, 0.3) is 0 Å². The van der Waals surface area contributed by atoms with Crippen LogP contribution in [0.3, 0.4) is 0 Å². The van der Waals surface area contributed by atoms with Crippen molar-refractivity contribution in [1.29, 1.82) is 0 Å². The molecule has 0 saturated heterocycles. The quantitative estimate of drug-likeness (QED) is 0.521. The molecule has 2 heteroatoms. The fourth-order valence-corrected chi connectivity index (χ4v) is 4.74. The zero-order valence-corrected chi connectivity index (χ0v) is 16.0. The van der Waals surface area contributed by atoms with Crippen molar-refractivity contribution in [3.8, 4) is 0 Å². The van der Waals surface area contributed by atoms with Gasteiger partial charge in [-0.3, -0.25) is 4.79 Å². The van der Waals surface area contributed by atoms with Crippen molar-refractivity contribution in [3.05, 3.63) is 48.0 Å². The molecule has 2 aliphatic rings. The van der Waals surface area contributed by atoms with Crippen LogP contribution < -0.4 is 0 Å². The summed E-state index contributed by atoms with van der Waals surface area (Å²) in [7, 11) is 0. The van der Waals surface area contributed by atoms with Crippen molar-refractivity contribution in [2.24, 2.45) is 17.8 Å². The van der Waals surface area contributed by atoms with Crippen LogP contribution in [0, 0.1) is 17.8 Å². The summed E-state index contributed by atoms with van der Waals surface area (Å²) >= 11 is 0. The first-order valence-corrected chi connectivity index (χ1v) is 9.80. The highest BCUT2D eigenvalue weighted by Gasteiger charge is 2.42. The largest absolute Gasteiger partial charge is 0.462 e. The highest BCUT2D eigenvalue weighted by molar-refractivity contribution is 5.73. The van der Waals surface area contributed by atoms with Gasteiger partial charge in [0.15, 0.2) is 0 Å². The minimum absolute atomic E-state index is 0.00558. The minimum Gasteiger partial charge on any atom is -0.462 e. The topological polar surface area (TPSA) is 26.3 Å². The lowest BCUT2D eigenvalue weighted by molar-refractivity contribution is -0.161. The smallest absolute Gasteiger partial charge is 0.309 e. The predicted octanol–water partition coefficient (Wildman–Crippen LogP) is 5.67. The molecule has 0 N–H and O–H groups in total. The molecule has 0 heterocycles. The maximum Gasteiger partial charge on any atom is 0.309 e. The van der Waals surface area contributed by atoms with Crippen molar-refractivity contribution in [2.75, 3.05) is 0 Å². The van der Waals surface area contributed by atoms with Gasteiger partial charge in [-0.15, -0.1) is 0 Å². The number of hydrogen-bond donors (Lipinski definition) is 0. The Morgan fingerprint density at radius 1 is 1.16 bits per heavy atom. The number of carbonyl (C=O) groups is 1. The average Bonchev–Trinajstić information content (AvgIpc) is 3.02. The Morgan fingerprint density at radius 3 is 2.52 bits per heavy atom. The van der Waals surface area contributed by atoms with Gasteiger partial charge in [0.2, 0.25) is 0 Å². The first kappa shape index (κ1) is 18.2. The highest BCUT2D eigenvalue weighted by atomic mass is 16.5. The molecule has 2 nitrogen and oxygen atoms in total. The van der Waals surface area contributed by atoms with Gasteiger partial charge in [-0.25, -0.2) is 0 Å². The van der Waals surface area contributed by atoms with E-state index in [9.17, 15) is 4.79 Å². The molecule has 25 heavy (non-hydrogen) atoms. The van der Waals surface area contributed by atoms with E-state index in [4.69, 9.17) is 4.74 Å². The van der Waals surface area contributed by atoms with E-state index >= 15 is 0 Å². The number of allylic oxidation sites excluding steroid dienone is 1. The van der Waals surface area contributed by atoms with E-state index in [1.807, 2.05) is 0 Å². The van der Waals surface area contributed by atoms with Crippen molar-refractivity contribution in [2.45, 2.75) is 70.8 Å². The molecule has 0 radical (unpaired) electrons. The summed E-state index contributed by atoms with van der Waals surface area (Å²) < 4.78 is 6.13. The molecule has 2 fully saturated rings. The molecule has 2 aliphatic carbocycles. The second kappa shape index (κ2) is 7.35. The molecule has 1 aromatic rings. The number of ether oxygens (including phenoxy) is 1. The van der Waals surface area contributed by atoms with Crippen LogP contribution >= 0.6 is 0 Å². The standard InChI is InChI=1S/C23H32O2/c1-16-10-12-18(14-16)22(24)25-21-15-17(2)11-13-20(21)23(3,4)19-8-6-5-7-9-19/h5-9,17-18,20-21H,1,10-15H2,2-4H3/t17-,18-,20-,21-/m1/s1. The summed E-state index contributed by atoms with van der Waals surface area (Å²) in [6, 6.07) is 10.7. The first-order chi connectivity index (χ1) is 11.9. The lowest BCUT2D eigenvalue weighted by Gasteiger charge is -2.44. The van der Waals surface area contributed by atoms with Crippen LogP contribution in [-0.4, -0.2) is 12.1 Å². The van der Waals surface area contributed by atoms with Crippen molar-refractivity contribution < 1.29 is 9.53 Å². The van der Waals surface area contributed by atoms with Gasteiger partial charge in [0.05, 0.1) is 5.92 Å². The summed E-state index contributed by atoms with van der Waals surface area (Å²) in [6.45, 7) is 10.9.